The Morgan fingerprint density at radius 2 is 2.00 bits per heavy atom. The lowest BCUT2D eigenvalue weighted by Gasteiger charge is -2.18. The van der Waals surface area contributed by atoms with E-state index in [0.29, 0.717) is 18.1 Å². The molecular formula is C15H21N3O2. The lowest BCUT2D eigenvalue weighted by atomic mass is 9.98. The zero-order valence-corrected chi connectivity index (χ0v) is 12.2. The minimum Gasteiger partial charge on any atom is -0.497 e. The van der Waals surface area contributed by atoms with Gasteiger partial charge < -0.3 is 15.0 Å². The van der Waals surface area contributed by atoms with Gasteiger partial charge in [-0.2, -0.15) is 4.98 Å². The van der Waals surface area contributed by atoms with Gasteiger partial charge in [0.15, 0.2) is 5.82 Å². The Hall–Kier alpha value is -1.88. The zero-order valence-electron chi connectivity index (χ0n) is 12.2. The van der Waals surface area contributed by atoms with Crippen molar-refractivity contribution in [3.8, 4) is 5.75 Å². The third kappa shape index (κ3) is 3.36. The molecule has 0 bridgehead atoms. The van der Waals surface area contributed by atoms with Gasteiger partial charge in [0, 0.05) is 6.42 Å². The fourth-order valence-electron chi connectivity index (χ4n) is 2.11. The van der Waals surface area contributed by atoms with Crippen LogP contribution >= 0.6 is 0 Å². The Morgan fingerprint density at radius 3 is 2.60 bits per heavy atom. The molecule has 5 heteroatoms. The topological polar surface area (TPSA) is 74.2 Å². The molecule has 0 amide bonds. The second kappa shape index (κ2) is 6.05. The normalized spacial score (nSPS) is 14.0. The van der Waals surface area contributed by atoms with Crippen molar-refractivity contribution in [3.63, 3.8) is 0 Å². The Morgan fingerprint density at radius 1 is 1.30 bits per heavy atom. The average Bonchev–Trinajstić information content (AvgIpc) is 2.89. The number of benzene rings is 1. The molecule has 0 radical (unpaired) electrons. The highest BCUT2D eigenvalue weighted by Gasteiger charge is 2.27. The molecule has 0 aliphatic carbocycles. The molecule has 2 N–H and O–H groups in total. The number of nitrogens with zero attached hydrogens (tertiary/aromatic N) is 2. The minimum atomic E-state index is -0.556. The van der Waals surface area contributed by atoms with Crippen molar-refractivity contribution in [2.24, 2.45) is 5.73 Å². The molecule has 20 heavy (non-hydrogen) atoms. The maximum Gasteiger partial charge on any atom is 0.246 e. The van der Waals surface area contributed by atoms with Crippen LogP contribution < -0.4 is 10.5 Å². The summed E-state index contributed by atoms with van der Waals surface area (Å²) in [5.74, 6) is 1.99. The first-order valence-corrected chi connectivity index (χ1v) is 6.80. The van der Waals surface area contributed by atoms with E-state index in [1.54, 1.807) is 7.11 Å². The van der Waals surface area contributed by atoms with Crippen LogP contribution in [0.1, 0.15) is 44.0 Å². The molecule has 1 unspecified atom stereocenters. The van der Waals surface area contributed by atoms with Crippen molar-refractivity contribution in [1.29, 1.82) is 0 Å². The monoisotopic (exact) mass is 275 g/mol. The first-order chi connectivity index (χ1) is 9.55. The molecule has 0 saturated carbocycles. The smallest absolute Gasteiger partial charge is 0.246 e. The van der Waals surface area contributed by atoms with Gasteiger partial charge in [-0.15, -0.1) is 0 Å². The zero-order chi connectivity index (χ0) is 14.6. The molecular weight excluding hydrogens is 254 g/mol. The summed E-state index contributed by atoms with van der Waals surface area (Å²) in [6.07, 6.45) is 2.41. The summed E-state index contributed by atoms with van der Waals surface area (Å²) in [5.41, 5.74) is 6.73. The van der Waals surface area contributed by atoms with Gasteiger partial charge in [-0.1, -0.05) is 30.6 Å². The van der Waals surface area contributed by atoms with E-state index < -0.39 is 5.54 Å². The minimum absolute atomic E-state index is 0.503. The van der Waals surface area contributed by atoms with Crippen LogP contribution in [0.15, 0.2) is 28.8 Å². The van der Waals surface area contributed by atoms with Crippen molar-refractivity contribution in [2.75, 3.05) is 7.11 Å². The van der Waals surface area contributed by atoms with E-state index in [4.69, 9.17) is 15.0 Å². The van der Waals surface area contributed by atoms with E-state index in [1.165, 1.54) is 0 Å². The second-order valence-corrected chi connectivity index (χ2v) is 5.21. The molecule has 1 heterocycles. The van der Waals surface area contributed by atoms with Gasteiger partial charge in [-0.3, -0.25) is 0 Å². The van der Waals surface area contributed by atoms with Crippen molar-refractivity contribution >= 4 is 0 Å². The van der Waals surface area contributed by atoms with Crippen LogP contribution in [-0.2, 0) is 12.0 Å². The number of methoxy groups -OCH3 is 1. The van der Waals surface area contributed by atoms with Crippen LogP contribution in [0.3, 0.4) is 0 Å². The molecule has 0 saturated heterocycles. The SMILES string of the molecule is CCCC(C)(N)c1nc(Cc2ccc(OC)cc2)no1. The van der Waals surface area contributed by atoms with E-state index in [2.05, 4.69) is 17.1 Å². The maximum absolute atomic E-state index is 6.18. The predicted octanol–water partition coefficient (Wildman–Crippen LogP) is 2.64. The van der Waals surface area contributed by atoms with Gasteiger partial charge in [0.05, 0.1) is 12.6 Å². The molecule has 108 valence electrons. The number of aromatic nitrogens is 2. The highest BCUT2D eigenvalue weighted by atomic mass is 16.5. The molecule has 2 aromatic rings. The summed E-state index contributed by atoms with van der Waals surface area (Å²) in [7, 11) is 1.65. The molecule has 5 nitrogen and oxygen atoms in total. The van der Waals surface area contributed by atoms with Crippen molar-refractivity contribution in [3.05, 3.63) is 41.5 Å². The number of hydrogen-bond donors (Lipinski definition) is 1. The van der Waals surface area contributed by atoms with Crippen LogP contribution in [-0.4, -0.2) is 17.3 Å². The first-order valence-electron chi connectivity index (χ1n) is 6.80. The fourth-order valence-corrected chi connectivity index (χ4v) is 2.11. The van der Waals surface area contributed by atoms with E-state index >= 15 is 0 Å². The summed E-state index contributed by atoms with van der Waals surface area (Å²) in [6.45, 7) is 4.00. The number of hydrogen-bond acceptors (Lipinski definition) is 5. The van der Waals surface area contributed by atoms with E-state index in [0.717, 1.165) is 24.2 Å². The predicted molar refractivity (Wildman–Crippen MR) is 76.5 cm³/mol. The van der Waals surface area contributed by atoms with Crippen molar-refractivity contribution in [1.82, 2.24) is 10.1 Å². The van der Waals surface area contributed by atoms with Gasteiger partial charge in [0.25, 0.3) is 0 Å². The number of ether oxygens (including phenoxy) is 1. The van der Waals surface area contributed by atoms with Crippen LogP contribution in [0, 0.1) is 0 Å². The first kappa shape index (κ1) is 14.5. The van der Waals surface area contributed by atoms with Gasteiger partial charge >= 0.3 is 0 Å². The Balaban J connectivity index is 2.09. The molecule has 0 spiro atoms. The summed E-state index contributed by atoms with van der Waals surface area (Å²) in [4.78, 5) is 4.40. The maximum atomic E-state index is 6.18. The molecule has 0 fully saturated rings. The highest BCUT2D eigenvalue weighted by Crippen LogP contribution is 2.22. The second-order valence-electron chi connectivity index (χ2n) is 5.21. The molecule has 1 aromatic heterocycles. The van der Waals surface area contributed by atoms with Gasteiger partial charge in [0.1, 0.15) is 5.75 Å². The highest BCUT2D eigenvalue weighted by molar-refractivity contribution is 5.28. The van der Waals surface area contributed by atoms with E-state index in [1.807, 2.05) is 31.2 Å². The summed E-state index contributed by atoms with van der Waals surface area (Å²) >= 11 is 0. The molecule has 1 aromatic carbocycles. The standard InChI is InChI=1S/C15H21N3O2/c1-4-9-15(2,16)14-17-13(18-20-14)10-11-5-7-12(19-3)8-6-11/h5-8H,4,9-10,16H2,1-3H3. The third-order valence-corrected chi connectivity index (χ3v) is 3.25. The quantitative estimate of drug-likeness (QED) is 0.877. The largest absolute Gasteiger partial charge is 0.497 e. The lowest BCUT2D eigenvalue weighted by Crippen LogP contribution is -2.33. The number of rotatable bonds is 6. The van der Waals surface area contributed by atoms with Crippen molar-refractivity contribution < 1.29 is 9.26 Å². The van der Waals surface area contributed by atoms with Crippen molar-refractivity contribution in [2.45, 2.75) is 38.6 Å². The average molecular weight is 275 g/mol. The fraction of sp³-hybridized carbons (Fsp3) is 0.467. The Kier molecular flexibility index (Phi) is 4.39. The third-order valence-electron chi connectivity index (χ3n) is 3.25. The van der Waals surface area contributed by atoms with Gasteiger partial charge in [-0.25, -0.2) is 0 Å². The Labute approximate surface area is 119 Å². The van der Waals surface area contributed by atoms with Crippen LogP contribution in [0.5, 0.6) is 5.75 Å². The Bertz CT molecular complexity index is 547. The molecule has 0 aliphatic heterocycles. The summed E-state index contributed by atoms with van der Waals surface area (Å²) in [6, 6.07) is 7.81. The van der Waals surface area contributed by atoms with Gasteiger partial charge in [0.2, 0.25) is 5.89 Å². The lowest BCUT2D eigenvalue weighted by molar-refractivity contribution is 0.282. The van der Waals surface area contributed by atoms with Crippen LogP contribution in [0.4, 0.5) is 0 Å². The van der Waals surface area contributed by atoms with E-state index in [-0.39, 0.29) is 0 Å². The van der Waals surface area contributed by atoms with Gasteiger partial charge in [-0.05, 0) is 31.0 Å². The van der Waals surface area contributed by atoms with Crippen LogP contribution in [0.25, 0.3) is 0 Å². The molecule has 2 rings (SSSR count). The van der Waals surface area contributed by atoms with Crippen LogP contribution in [0.2, 0.25) is 0 Å². The van der Waals surface area contributed by atoms with E-state index in [9.17, 15) is 0 Å². The molecule has 0 aliphatic rings. The molecule has 1 atom stereocenters. The number of nitrogens with two attached hydrogens (primary N) is 1. The summed E-state index contributed by atoms with van der Waals surface area (Å²) in [5, 5.41) is 4.01. The summed E-state index contributed by atoms with van der Waals surface area (Å²) < 4.78 is 10.4.